The van der Waals surface area contributed by atoms with Gasteiger partial charge in [0.05, 0.1) is 7.11 Å². The van der Waals surface area contributed by atoms with Crippen LogP contribution >= 0.6 is 0 Å². The van der Waals surface area contributed by atoms with Crippen LogP contribution in [0, 0.1) is 5.92 Å². The molecule has 1 aromatic heterocycles. The van der Waals surface area contributed by atoms with Crippen molar-refractivity contribution >= 4 is 5.91 Å². The lowest BCUT2D eigenvalue weighted by Crippen LogP contribution is -2.39. The number of amides is 1. The van der Waals surface area contributed by atoms with Crippen molar-refractivity contribution in [3.05, 3.63) is 59.9 Å². The third kappa shape index (κ3) is 6.84. The van der Waals surface area contributed by atoms with Gasteiger partial charge in [-0.1, -0.05) is 12.1 Å². The number of pyridine rings is 1. The molecule has 2 aromatic rings. The monoisotopic (exact) mass is 396 g/mol. The standard InChI is InChI=1S/C23H32N4O2/c1-29-21-4-2-3-20(17-21)22(26-15-9-18-5-11-24-12-6-18)23(28)27-16-10-19-7-13-25-14-8-19/h2-4,7-8,13-14,17-18,22,24,26H,5-6,9-12,15-16H2,1H3,(H,27,28). The van der Waals surface area contributed by atoms with E-state index in [0.29, 0.717) is 6.54 Å². The first kappa shape index (κ1) is 21.3. The third-order valence-electron chi connectivity index (χ3n) is 5.51. The lowest BCUT2D eigenvalue weighted by Gasteiger charge is -2.24. The molecule has 1 aliphatic heterocycles. The van der Waals surface area contributed by atoms with Crippen LogP contribution in [0.15, 0.2) is 48.8 Å². The Bertz CT molecular complexity index is 748. The predicted octanol–water partition coefficient (Wildman–Crippen LogP) is 2.47. The molecule has 6 nitrogen and oxygen atoms in total. The Morgan fingerprint density at radius 1 is 1.21 bits per heavy atom. The van der Waals surface area contributed by atoms with E-state index in [2.05, 4.69) is 20.9 Å². The molecule has 0 radical (unpaired) electrons. The van der Waals surface area contributed by atoms with Gasteiger partial charge in [-0.3, -0.25) is 9.78 Å². The van der Waals surface area contributed by atoms with Crippen LogP contribution < -0.4 is 20.7 Å². The maximum absolute atomic E-state index is 13.0. The Labute approximate surface area is 173 Å². The van der Waals surface area contributed by atoms with Crippen molar-refractivity contribution in [2.75, 3.05) is 33.3 Å². The molecule has 156 valence electrons. The minimum absolute atomic E-state index is 0.00220. The van der Waals surface area contributed by atoms with E-state index >= 15 is 0 Å². The highest BCUT2D eigenvalue weighted by Gasteiger charge is 2.21. The molecule has 29 heavy (non-hydrogen) atoms. The summed E-state index contributed by atoms with van der Waals surface area (Å²) in [6, 6.07) is 11.3. The summed E-state index contributed by atoms with van der Waals surface area (Å²) in [5.41, 5.74) is 2.09. The van der Waals surface area contributed by atoms with Crippen molar-refractivity contribution in [2.24, 2.45) is 5.92 Å². The van der Waals surface area contributed by atoms with Crippen LogP contribution in [0.3, 0.4) is 0 Å². The van der Waals surface area contributed by atoms with E-state index in [-0.39, 0.29) is 11.9 Å². The minimum atomic E-state index is -0.385. The topological polar surface area (TPSA) is 75.3 Å². The van der Waals surface area contributed by atoms with Crippen molar-refractivity contribution < 1.29 is 9.53 Å². The number of methoxy groups -OCH3 is 1. The normalized spacial score (nSPS) is 15.6. The average molecular weight is 397 g/mol. The molecule has 1 atom stereocenters. The average Bonchev–Trinajstić information content (AvgIpc) is 2.78. The molecule has 1 unspecified atom stereocenters. The van der Waals surface area contributed by atoms with Crippen LogP contribution in [0.4, 0.5) is 0 Å². The molecule has 0 aliphatic carbocycles. The number of aromatic nitrogens is 1. The zero-order valence-electron chi connectivity index (χ0n) is 17.2. The highest BCUT2D eigenvalue weighted by Crippen LogP contribution is 2.21. The van der Waals surface area contributed by atoms with Crippen LogP contribution in [0.5, 0.6) is 5.75 Å². The van der Waals surface area contributed by atoms with Gasteiger partial charge in [0.2, 0.25) is 5.91 Å². The lowest BCUT2D eigenvalue weighted by molar-refractivity contribution is -0.123. The number of benzene rings is 1. The van der Waals surface area contributed by atoms with Gasteiger partial charge in [0.1, 0.15) is 11.8 Å². The largest absolute Gasteiger partial charge is 0.497 e. The number of nitrogens with zero attached hydrogens (tertiary/aromatic N) is 1. The fraction of sp³-hybridized carbons (Fsp3) is 0.478. The first-order chi connectivity index (χ1) is 14.3. The molecule has 1 aliphatic rings. The second-order valence-electron chi connectivity index (χ2n) is 7.54. The minimum Gasteiger partial charge on any atom is -0.497 e. The zero-order chi connectivity index (χ0) is 20.3. The molecule has 1 aromatic carbocycles. The Hall–Kier alpha value is -2.44. The van der Waals surface area contributed by atoms with Gasteiger partial charge < -0.3 is 20.7 Å². The van der Waals surface area contributed by atoms with E-state index < -0.39 is 0 Å². The highest BCUT2D eigenvalue weighted by molar-refractivity contribution is 5.83. The Morgan fingerprint density at radius 3 is 2.76 bits per heavy atom. The van der Waals surface area contributed by atoms with Gasteiger partial charge in [-0.25, -0.2) is 0 Å². The Kier molecular flexibility index (Phi) is 8.46. The molecule has 3 rings (SSSR count). The van der Waals surface area contributed by atoms with Crippen LogP contribution in [0.1, 0.15) is 36.4 Å². The van der Waals surface area contributed by atoms with Crippen molar-refractivity contribution in [1.29, 1.82) is 0 Å². The van der Waals surface area contributed by atoms with E-state index in [4.69, 9.17) is 4.74 Å². The number of ether oxygens (including phenoxy) is 1. The number of carbonyl (C=O) groups excluding carboxylic acids is 1. The molecule has 6 heteroatoms. The van der Waals surface area contributed by atoms with Crippen molar-refractivity contribution in [3.63, 3.8) is 0 Å². The van der Waals surface area contributed by atoms with Gasteiger partial charge in [-0.15, -0.1) is 0 Å². The molecule has 0 spiro atoms. The van der Waals surface area contributed by atoms with Gasteiger partial charge in [0.15, 0.2) is 0 Å². The molecule has 1 amide bonds. The molecular weight excluding hydrogens is 364 g/mol. The Morgan fingerprint density at radius 2 is 2.00 bits per heavy atom. The fourth-order valence-corrected chi connectivity index (χ4v) is 3.77. The van der Waals surface area contributed by atoms with E-state index in [9.17, 15) is 4.79 Å². The fourth-order valence-electron chi connectivity index (χ4n) is 3.77. The maximum atomic E-state index is 13.0. The molecule has 0 saturated carbocycles. The van der Waals surface area contributed by atoms with E-state index in [1.54, 1.807) is 19.5 Å². The summed E-state index contributed by atoms with van der Waals surface area (Å²) in [4.78, 5) is 17.0. The molecule has 0 bridgehead atoms. The number of rotatable bonds is 10. The SMILES string of the molecule is COc1cccc(C(NCCC2CCNCC2)C(=O)NCCc2ccncc2)c1. The summed E-state index contributed by atoms with van der Waals surface area (Å²) >= 11 is 0. The molecule has 3 N–H and O–H groups in total. The second-order valence-corrected chi connectivity index (χ2v) is 7.54. The summed E-state index contributed by atoms with van der Waals surface area (Å²) < 4.78 is 5.35. The van der Waals surface area contributed by atoms with Crippen LogP contribution in [0.25, 0.3) is 0 Å². The number of nitrogens with one attached hydrogen (secondary N) is 3. The Balaban J connectivity index is 1.58. The summed E-state index contributed by atoms with van der Waals surface area (Å²) in [7, 11) is 1.65. The molecule has 1 saturated heterocycles. The number of carbonyl (C=O) groups is 1. The zero-order valence-corrected chi connectivity index (χ0v) is 17.2. The van der Waals surface area contributed by atoms with Gasteiger partial charge in [0.25, 0.3) is 0 Å². The number of hydrogen-bond donors (Lipinski definition) is 3. The highest BCUT2D eigenvalue weighted by atomic mass is 16.5. The van der Waals surface area contributed by atoms with Gasteiger partial charge in [0, 0.05) is 18.9 Å². The summed E-state index contributed by atoms with van der Waals surface area (Å²) in [5.74, 6) is 1.49. The van der Waals surface area contributed by atoms with E-state index in [1.807, 2.05) is 36.4 Å². The van der Waals surface area contributed by atoms with Crippen LogP contribution in [-0.4, -0.2) is 44.2 Å². The molecule has 1 fully saturated rings. The van der Waals surface area contributed by atoms with Gasteiger partial charge in [-0.2, -0.15) is 0 Å². The number of hydrogen-bond acceptors (Lipinski definition) is 5. The summed E-state index contributed by atoms with van der Waals surface area (Å²) in [6.45, 7) is 3.61. The third-order valence-corrected chi connectivity index (χ3v) is 5.51. The summed E-state index contributed by atoms with van der Waals surface area (Å²) in [6.07, 6.45) is 7.85. The van der Waals surface area contributed by atoms with Crippen LogP contribution in [-0.2, 0) is 11.2 Å². The van der Waals surface area contributed by atoms with Gasteiger partial charge >= 0.3 is 0 Å². The molecular formula is C23H32N4O2. The van der Waals surface area contributed by atoms with Crippen LogP contribution in [0.2, 0.25) is 0 Å². The maximum Gasteiger partial charge on any atom is 0.241 e. The smallest absolute Gasteiger partial charge is 0.241 e. The first-order valence-electron chi connectivity index (χ1n) is 10.5. The lowest BCUT2D eigenvalue weighted by atomic mass is 9.94. The number of piperidine rings is 1. The summed E-state index contributed by atoms with van der Waals surface area (Å²) in [5, 5.41) is 9.97. The van der Waals surface area contributed by atoms with Crippen molar-refractivity contribution in [2.45, 2.75) is 31.7 Å². The van der Waals surface area contributed by atoms with E-state index in [1.165, 1.54) is 12.8 Å². The molecule has 2 heterocycles. The van der Waals surface area contributed by atoms with E-state index in [0.717, 1.165) is 55.3 Å². The first-order valence-corrected chi connectivity index (χ1v) is 10.5. The van der Waals surface area contributed by atoms with Crippen molar-refractivity contribution in [1.82, 2.24) is 20.9 Å². The second kappa shape index (κ2) is 11.5. The quantitative estimate of drug-likeness (QED) is 0.575. The van der Waals surface area contributed by atoms with Gasteiger partial charge in [-0.05, 0) is 86.6 Å². The predicted molar refractivity (Wildman–Crippen MR) is 115 cm³/mol. The van der Waals surface area contributed by atoms with Crippen molar-refractivity contribution in [3.8, 4) is 5.75 Å².